The predicted octanol–water partition coefficient (Wildman–Crippen LogP) is 1.79. The molecule has 0 aliphatic carbocycles. The third-order valence-corrected chi connectivity index (χ3v) is 4.12. The SMILES string of the molecule is Cc1nc(C2CCCCN2c2ncnc3c2cnn3C)no1. The molecule has 1 atom stereocenters. The summed E-state index contributed by atoms with van der Waals surface area (Å²) in [6, 6.07) is 0.0875. The molecule has 1 unspecified atom stereocenters. The van der Waals surface area contributed by atoms with Crippen molar-refractivity contribution in [3.05, 3.63) is 24.2 Å². The Kier molecular flexibility index (Phi) is 3.02. The van der Waals surface area contributed by atoms with Crippen LogP contribution in [0.2, 0.25) is 0 Å². The zero-order chi connectivity index (χ0) is 15.1. The van der Waals surface area contributed by atoms with Crippen LogP contribution in [0.4, 0.5) is 5.82 Å². The van der Waals surface area contributed by atoms with E-state index in [1.807, 2.05) is 20.2 Å². The van der Waals surface area contributed by atoms with Crippen LogP contribution in [0, 0.1) is 6.92 Å². The van der Waals surface area contributed by atoms with E-state index in [1.54, 1.807) is 11.0 Å². The smallest absolute Gasteiger partial charge is 0.223 e. The summed E-state index contributed by atoms with van der Waals surface area (Å²) in [6.07, 6.45) is 6.67. The first-order valence-electron chi connectivity index (χ1n) is 7.43. The van der Waals surface area contributed by atoms with Crippen molar-refractivity contribution < 1.29 is 4.52 Å². The molecular formula is C14H17N7O. The molecule has 0 spiro atoms. The number of hydrogen-bond acceptors (Lipinski definition) is 7. The average molecular weight is 299 g/mol. The van der Waals surface area contributed by atoms with Crippen LogP contribution < -0.4 is 4.90 Å². The molecule has 1 aliphatic heterocycles. The molecule has 114 valence electrons. The Bertz CT molecular complexity index is 808. The van der Waals surface area contributed by atoms with Crippen molar-refractivity contribution in [1.82, 2.24) is 29.9 Å². The van der Waals surface area contributed by atoms with Gasteiger partial charge in [0.2, 0.25) is 5.89 Å². The lowest BCUT2D eigenvalue weighted by Gasteiger charge is -2.34. The number of fused-ring (bicyclic) bond motifs is 1. The lowest BCUT2D eigenvalue weighted by Crippen LogP contribution is -2.34. The van der Waals surface area contributed by atoms with Gasteiger partial charge in [-0.15, -0.1) is 0 Å². The van der Waals surface area contributed by atoms with Crippen LogP contribution in [0.25, 0.3) is 11.0 Å². The lowest BCUT2D eigenvalue weighted by atomic mass is 10.0. The number of anilines is 1. The molecule has 3 aromatic rings. The topological polar surface area (TPSA) is 85.8 Å². The predicted molar refractivity (Wildman–Crippen MR) is 79.3 cm³/mol. The van der Waals surface area contributed by atoms with Crippen molar-refractivity contribution in [1.29, 1.82) is 0 Å². The molecular weight excluding hydrogens is 282 g/mol. The van der Waals surface area contributed by atoms with E-state index in [0.29, 0.717) is 5.89 Å². The van der Waals surface area contributed by atoms with Gasteiger partial charge in [0.1, 0.15) is 12.1 Å². The fraction of sp³-hybridized carbons (Fsp3) is 0.500. The molecule has 0 N–H and O–H groups in total. The summed E-state index contributed by atoms with van der Waals surface area (Å²) in [5.41, 5.74) is 0.832. The third-order valence-electron chi connectivity index (χ3n) is 4.12. The molecule has 1 aliphatic rings. The standard InChI is InChI=1S/C14H17N7O/c1-9-18-12(19-22-9)11-5-3-4-6-21(11)14-10-7-17-20(2)13(10)15-8-16-14/h7-8,11H,3-6H2,1-2H3. The first-order chi connectivity index (χ1) is 10.7. The highest BCUT2D eigenvalue weighted by Crippen LogP contribution is 2.35. The Labute approximate surface area is 127 Å². The lowest BCUT2D eigenvalue weighted by molar-refractivity contribution is 0.372. The van der Waals surface area contributed by atoms with Gasteiger partial charge in [0.05, 0.1) is 17.6 Å². The molecule has 3 aromatic heterocycles. The van der Waals surface area contributed by atoms with E-state index in [0.717, 1.165) is 48.5 Å². The minimum Gasteiger partial charge on any atom is -0.346 e. The van der Waals surface area contributed by atoms with Gasteiger partial charge < -0.3 is 9.42 Å². The molecule has 0 radical (unpaired) electrons. The molecule has 0 bridgehead atoms. The van der Waals surface area contributed by atoms with Crippen molar-refractivity contribution in [3.63, 3.8) is 0 Å². The van der Waals surface area contributed by atoms with E-state index in [4.69, 9.17) is 4.52 Å². The van der Waals surface area contributed by atoms with E-state index >= 15 is 0 Å². The minimum atomic E-state index is 0.0875. The van der Waals surface area contributed by atoms with Gasteiger partial charge in [-0.2, -0.15) is 10.1 Å². The zero-order valence-corrected chi connectivity index (χ0v) is 12.6. The van der Waals surface area contributed by atoms with Crippen molar-refractivity contribution >= 4 is 16.9 Å². The van der Waals surface area contributed by atoms with Gasteiger partial charge in [0.25, 0.3) is 0 Å². The van der Waals surface area contributed by atoms with Gasteiger partial charge in [-0.3, -0.25) is 4.68 Å². The summed E-state index contributed by atoms with van der Waals surface area (Å²) in [5.74, 6) is 2.22. The quantitative estimate of drug-likeness (QED) is 0.713. The van der Waals surface area contributed by atoms with E-state index in [9.17, 15) is 0 Å². The van der Waals surface area contributed by atoms with Gasteiger partial charge in [-0.1, -0.05) is 5.16 Å². The Morgan fingerprint density at radius 1 is 1.27 bits per heavy atom. The van der Waals surface area contributed by atoms with E-state index in [-0.39, 0.29) is 6.04 Å². The van der Waals surface area contributed by atoms with Crippen molar-refractivity contribution in [2.45, 2.75) is 32.2 Å². The summed E-state index contributed by atoms with van der Waals surface area (Å²) in [7, 11) is 1.88. The first-order valence-corrected chi connectivity index (χ1v) is 7.43. The normalized spacial score (nSPS) is 19.0. The van der Waals surface area contributed by atoms with E-state index < -0.39 is 0 Å². The van der Waals surface area contributed by atoms with Crippen LogP contribution in [0.5, 0.6) is 0 Å². The van der Waals surface area contributed by atoms with Crippen LogP contribution in [0.1, 0.15) is 37.0 Å². The maximum atomic E-state index is 5.16. The highest BCUT2D eigenvalue weighted by Gasteiger charge is 2.30. The summed E-state index contributed by atoms with van der Waals surface area (Å²) in [4.78, 5) is 15.5. The van der Waals surface area contributed by atoms with Crippen molar-refractivity contribution in [2.75, 3.05) is 11.4 Å². The Hall–Kier alpha value is -2.51. The molecule has 0 aromatic carbocycles. The first kappa shape index (κ1) is 13.2. The number of nitrogens with zero attached hydrogens (tertiary/aromatic N) is 7. The average Bonchev–Trinajstić information content (AvgIpc) is 3.14. The minimum absolute atomic E-state index is 0.0875. The molecule has 0 saturated carbocycles. The summed E-state index contributed by atoms with van der Waals surface area (Å²) in [5, 5.41) is 9.35. The van der Waals surface area contributed by atoms with Crippen LogP contribution in [0.15, 0.2) is 17.0 Å². The van der Waals surface area contributed by atoms with Crippen LogP contribution in [0.3, 0.4) is 0 Å². The summed E-state index contributed by atoms with van der Waals surface area (Å²) >= 11 is 0. The van der Waals surface area contributed by atoms with Gasteiger partial charge >= 0.3 is 0 Å². The molecule has 4 rings (SSSR count). The molecule has 0 amide bonds. The molecule has 8 nitrogen and oxygen atoms in total. The van der Waals surface area contributed by atoms with E-state index in [2.05, 4.69) is 30.1 Å². The number of rotatable bonds is 2. The monoisotopic (exact) mass is 299 g/mol. The number of piperidine rings is 1. The largest absolute Gasteiger partial charge is 0.346 e. The van der Waals surface area contributed by atoms with Crippen LogP contribution >= 0.6 is 0 Å². The summed E-state index contributed by atoms with van der Waals surface area (Å²) in [6.45, 7) is 2.73. The highest BCUT2D eigenvalue weighted by molar-refractivity contribution is 5.86. The zero-order valence-electron chi connectivity index (χ0n) is 12.6. The molecule has 4 heterocycles. The maximum Gasteiger partial charge on any atom is 0.223 e. The Morgan fingerprint density at radius 2 is 2.18 bits per heavy atom. The summed E-state index contributed by atoms with van der Waals surface area (Å²) < 4.78 is 6.92. The van der Waals surface area contributed by atoms with Gasteiger partial charge in [0.15, 0.2) is 11.5 Å². The van der Waals surface area contributed by atoms with Gasteiger partial charge in [-0.25, -0.2) is 9.97 Å². The Balaban J connectivity index is 1.80. The molecule has 22 heavy (non-hydrogen) atoms. The second-order valence-corrected chi connectivity index (χ2v) is 5.58. The molecule has 1 fully saturated rings. The van der Waals surface area contributed by atoms with Crippen LogP contribution in [-0.4, -0.2) is 36.4 Å². The fourth-order valence-corrected chi connectivity index (χ4v) is 3.08. The fourth-order valence-electron chi connectivity index (χ4n) is 3.08. The number of aryl methyl sites for hydroxylation is 2. The highest BCUT2D eigenvalue weighted by atomic mass is 16.5. The molecule has 1 saturated heterocycles. The number of aromatic nitrogens is 6. The second-order valence-electron chi connectivity index (χ2n) is 5.58. The van der Waals surface area contributed by atoms with Crippen molar-refractivity contribution in [3.8, 4) is 0 Å². The van der Waals surface area contributed by atoms with E-state index in [1.165, 1.54) is 0 Å². The number of hydrogen-bond donors (Lipinski definition) is 0. The van der Waals surface area contributed by atoms with Gasteiger partial charge in [0, 0.05) is 20.5 Å². The molecule has 8 heteroatoms. The maximum absolute atomic E-state index is 5.16. The second kappa shape index (κ2) is 5.04. The Morgan fingerprint density at radius 3 is 3.00 bits per heavy atom. The van der Waals surface area contributed by atoms with Crippen molar-refractivity contribution in [2.24, 2.45) is 7.05 Å². The van der Waals surface area contributed by atoms with Crippen LogP contribution in [-0.2, 0) is 7.05 Å². The van der Waals surface area contributed by atoms with Gasteiger partial charge in [-0.05, 0) is 19.3 Å². The third kappa shape index (κ3) is 2.02.